The van der Waals surface area contributed by atoms with Crippen LogP contribution in [0.1, 0.15) is 19.0 Å². The summed E-state index contributed by atoms with van der Waals surface area (Å²) in [5.74, 6) is 0.881. The van der Waals surface area contributed by atoms with Crippen molar-refractivity contribution in [2.45, 2.75) is 26.1 Å². The van der Waals surface area contributed by atoms with Gasteiger partial charge in [0, 0.05) is 25.9 Å². The van der Waals surface area contributed by atoms with Crippen molar-refractivity contribution in [2.24, 2.45) is 0 Å². The van der Waals surface area contributed by atoms with Crippen molar-refractivity contribution in [1.29, 1.82) is 0 Å². The van der Waals surface area contributed by atoms with Crippen molar-refractivity contribution in [1.82, 2.24) is 9.38 Å². The Morgan fingerprint density at radius 2 is 2.37 bits per heavy atom. The first-order chi connectivity index (χ1) is 9.29. The van der Waals surface area contributed by atoms with Gasteiger partial charge in [-0.15, -0.1) is 0 Å². The van der Waals surface area contributed by atoms with Crippen LogP contribution >= 0.6 is 0 Å². The summed E-state index contributed by atoms with van der Waals surface area (Å²) in [7, 11) is 0. The summed E-state index contributed by atoms with van der Waals surface area (Å²) >= 11 is 0. The minimum Gasteiger partial charge on any atom is -0.390 e. The molecule has 0 spiro atoms. The molecule has 0 aliphatic carbocycles. The standard InChI is InChI=1S/C14H19N3O2/c1-11-9-16(6-4-8-19-11)14-12(10-18)17-7-3-2-5-13(17)15-14/h2-3,5,7,11,18H,4,6,8-10H2,1H3. The number of aliphatic hydroxyl groups is 1. The van der Waals surface area contributed by atoms with Crippen molar-refractivity contribution in [2.75, 3.05) is 24.6 Å². The van der Waals surface area contributed by atoms with E-state index in [9.17, 15) is 5.11 Å². The topological polar surface area (TPSA) is 50.0 Å². The Bertz CT molecular complexity index is 567. The monoisotopic (exact) mass is 261 g/mol. The molecule has 0 aromatic carbocycles. The first-order valence-corrected chi connectivity index (χ1v) is 6.73. The third-order valence-corrected chi connectivity index (χ3v) is 3.51. The average Bonchev–Trinajstić information content (AvgIpc) is 2.66. The Balaban J connectivity index is 2.03. The average molecular weight is 261 g/mol. The van der Waals surface area contributed by atoms with E-state index in [1.807, 2.05) is 28.8 Å². The van der Waals surface area contributed by atoms with E-state index < -0.39 is 0 Å². The number of hydrogen-bond acceptors (Lipinski definition) is 4. The number of aliphatic hydroxyl groups excluding tert-OH is 1. The van der Waals surface area contributed by atoms with Crippen molar-refractivity contribution < 1.29 is 9.84 Å². The molecule has 1 atom stereocenters. The number of anilines is 1. The van der Waals surface area contributed by atoms with Gasteiger partial charge in [-0.25, -0.2) is 4.98 Å². The normalized spacial score (nSPS) is 20.7. The van der Waals surface area contributed by atoms with Gasteiger partial charge >= 0.3 is 0 Å². The molecule has 3 heterocycles. The van der Waals surface area contributed by atoms with Crippen molar-refractivity contribution in [3.63, 3.8) is 0 Å². The zero-order valence-electron chi connectivity index (χ0n) is 11.1. The SMILES string of the molecule is CC1CN(c2nc3ccccn3c2CO)CCCO1. The highest BCUT2D eigenvalue weighted by molar-refractivity contribution is 5.55. The Morgan fingerprint density at radius 1 is 1.47 bits per heavy atom. The predicted molar refractivity (Wildman–Crippen MR) is 73.4 cm³/mol. The Labute approximate surface area is 112 Å². The van der Waals surface area contributed by atoms with Gasteiger partial charge in [-0.3, -0.25) is 4.40 Å². The van der Waals surface area contributed by atoms with E-state index in [0.29, 0.717) is 0 Å². The molecule has 5 nitrogen and oxygen atoms in total. The van der Waals surface area contributed by atoms with Crippen molar-refractivity contribution in [3.8, 4) is 0 Å². The molecule has 1 unspecified atom stereocenters. The molecule has 102 valence electrons. The summed E-state index contributed by atoms with van der Waals surface area (Å²) in [4.78, 5) is 6.88. The Kier molecular flexibility index (Phi) is 3.40. The molecule has 3 rings (SSSR count). The lowest BCUT2D eigenvalue weighted by molar-refractivity contribution is 0.0820. The van der Waals surface area contributed by atoms with Crippen LogP contribution < -0.4 is 4.90 Å². The number of ether oxygens (including phenoxy) is 1. The summed E-state index contributed by atoms with van der Waals surface area (Å²) in [5.41, 5.74) is 1.73. The zero-order valence-corrected chi connectivity index (χ0v) is 11.1. The molecule has 0 amide bonds. The van der Waals surface area contributed by atoms with Gasteiger partial charge in [0.2, 0.25) is 0 Å². The lowest BCUT2D eigenvalue weighted by atomic mass is 10.3. The van der Waals surface area contributed by atoms with Gasteiger partial charge in [0.25, 0.3) is 0 Å². The number of hydrogen-bond donors (Lipinski definition) is 1. The van der Waals surface area contributed by atoms with E-state index in [1.165, 1.54) is 0 Å². The highest BCUT2D eigenvalue weighted by Gasteiger charge is 2.21. The van der Waals surface area contributed by atoms with Crippen LogP contribution in [0.3, 0.4) is 0 Å². The Hall–Kier alpha value is -1.59. The zero-order chi connectivity index (χ0) is 13.2. The van der Waals surface area contributed by atoms with Crippen molar-refractivity contribution in [3.05, 3.63) is 30.1 Å². The summed E-state index contributed by atoms with van der Waals surface area (Å²) in [6.07, 6.45) is 3.12. The third kappa shape index (κ3) is 2.31. The largest absolute Gasteiger partial charge is 0.390 e. The number of fused-ring (bicyclic) bond motifs is 1. The molecule has 2 aromatic heterocycles. The van der Waals surface area contributed by atoms with Gasteiger partial charge in [0.1, 0.15) is 5.65 Å². The highest BCUT2D eigenvalue weighted by atomic mass is 16.5. The van der Waals surface area contributed by atoms with Gasteiger partial charge in [-0.2, -0.15) is 0 Å². The molecule has 1 aliphatic heterocycles. The van der Waals surface area contributed by atoms with E-state index in [4.69, 9.17) is 4.74 Å². The molecular formula is C14H19N3O2. The maximum atomic E-state index is 9.65. The molecule has 1 aliphatic rings. The first-order valence-electron chi connectivity index (χ1n) is 6.73. The van der Waals surface area contributed by atoms with Crippen LogP contribution in [0.15, 0.2) is 24.4 Å². The highest BCUT2D eigenvalue weighted by Crippen LogP contribution is 2.23. The van der Waals surface area contributed by atoms with Gasteiger partial charge in [0.15, 0.2) is 5.82 Å². The summed E-state index contributed by atoms with van der Waals surface area (Å²) < 4.78 is 7.61. The first kappa shape index (κ1) is 12.4. The second kappa shape index (κ2) is 5.19. The van der Waals surface area contributed by atoms with E-state index in [-0.39, 0.29) is 12.7 Å². The van der Waals surface area contributed by atoms with E-state index in [2.05, 4.69) is 16.8 Å². The number of aromatic nitrogens is 2. The number of nitrogens with zero attached hydrogens (tertiary/aromatic N) is 3. The van der Waals surface area contributed by atoms with E-state index >= 15 is 0 Å². The van der Waals surface area contributed by atoms with Gasteiger partial charge in [-0.05, 0) is 25.5 Å². The second-order valence-corrected chi connectivity index (χ2v) is 4.95. The van der Waals surface area contributed by atoms with Gasteiger partial charge in [0.05, 0.1) is 18.4 Å². The molecule has 0 bridgehead atoms. The van der Waals surface area contributed by atoms with Crippen LogP contribution in [0.5, 0.6) is 0 Å². The molecule has 1 saturated heterocycles. The fourth-order valence-electron chi connectivity index (χ4n) is 2.62. The molecule has 5 heteroatoms. The lowest BCUT2D eigenvalue weighted by Gasteiger charge is -2.22. The van der Waals surface area contributed by atoms with Crippen LogP contribution in [0.25, 0.3) is 5.65 Å². The number of rotatable bonds is 2. The summed E-state index contributed by atoms with van der Waals surface area (Å²) in [6.45, 7) is 4.59. The minimum atomic E-state index is -0.00769. The van der Waals surface area contributed by atoms with Crippen LogP contribution in [-0.2, 0) is 11.3 Å². The Morgan fingerprint density at radius 3 is 3.21 bits per heavy atom. The van der Waals surface area contributed by atoms with Gasteiger partial charge < -0.3 is 14.7 Å². The summed E-state index contributed by atoms with van der Waals surface area (Å²) in [6, 6.07) is 5.87. The van der Waals surface area contributed by atoms with Crippen molar-refractivity contribution >= 4 is 11.5 Å². The molecule has 0 saturated carbocycles. The number of pyridine rings is 1. The molecule has 1 N–H and O–H groups in total. The van der Waals surface area contributed by atoms with E-state index in [0.717, 1.165) is 43.3 Å². The lowest BCUT2D eigenvalue weighted by Crippen LogP contribution is -2.31. The predicted octanol–water partition coefficient (Wildman–Crippen LogP) is 1.44. The summed E-state index contributed by atoms with van der Waals surface area (Å²) in [5, 5.41) is 9.65. The minimum absolute atomic E-state index is 0.00769. The maximum absolute atomic E-state index is 9.65. The third-order valence-electron chi connectivity index (χ3n) is 3.51. The fraction of sp³-hybridized carbons (Fsp3) is 0.500. The smallest absolute Gasteiger partial charge is 0.153 e. The second-order valence-electron chi connectivity index (χ2n) is 4.95. The van der Waals surface area contributed by atoms with Crippen LogP contribution in [0.2, 0.25) is 0 Å². The molecule has 1 fully saturated rings. The van der Waals surface area contributed by atoms with Gasteiger partial charge in [-0.1, -0.05) is 6.07 Å². The molecule has 19 heavy (non-hydrogen) atoms. The molecule has 0 radical (unpaired) electrons. The quantitative estimate of drug-likeness (QED) is 0.889. The maximum Gasteiger partial charge on any atom is 0.153 e. The molecule has 2 aromatic rings. The number of imidazole rings is 1. The van der Waals surface area contributed by atoms with Crippen LogP contribution in [0.4, 0.5) is 5.82 Å². The van der Waals surface area contributed by atoms with Crippen LogP contribution in [0, 0.1) is 0 Å². The fourth-order valence-corrected chi connectivity index (χ4v) is 2.62. The van der Waals surface area contributed by atoms with E-state index in [1.54, 1.807) is 0 Å². The van der Waals surface area contributed by atoms with Crippen LogP contribution in [-0.4, -0.2) is 40.3 Å². The molecular weight excluding hydrogens is 242 g/mol.